The van der Waals surface area contributed by atoms with E-state index in [1.807, 2.05) is 37.3 Å². The maximum absolute atomic E-state index is 12.9. The number of nitrogens with one attached hydrogen (secondary N) is 1. The minimum atomic E-state index is -3.56. The van der Waals surface area contributed by atoms with Crippen molar-refractivity contribution in [2.24, 2.45) is 17.8 Å². The van der Waals surface area contributed by atoms with Gasteiger partial charge in [-0.05, 0) is 100.0 Å². The Kier molecular flexibility index (Phi) is 9.62. The molecule has 2 aliphatic heterocycles. The fraction of sp³-hybridized carbons (Fsp3) is 0.472. The normalized spacial score (nSPS) is 22.4. The number of likely N-dealkylation sites (tertiary alicyclic amines) is 1. The first-order valence-corrected chi connectivity index (χ1v) is 18.0. The van der Waals surface area contributed by atoms with E-state index in [0.717, 1.165) is 76.1 Å². The average Bonchev–Trinajstić information content (AvgIpc) is 3.53. The lowest BCUT2D eigenvalue weighted by Crippen LogP contribution is -2.54. The molecule has 0 spiro atoms. The Morgan fingerprint density at radius 1 is 0.978 bits per heavy atom. The van der Waals surface area contributed by atoms with Crippen molar-refractivity contribution in [2.75, 3.05) is 44.2 Å². The van der Waals surface area contributed by atoms with Crippen LogP contribution in [0.4, 0.5) is 10.5 Å². The monoisotopic (exact) mass is 641 g/mol. The van der Waals surface area contributed by atoms with Crippen LogP contribution in [0.1, 0.15) is 44.6 Å². The summed E-state index contributed by atoms with van der Waals surface area (Å²) in [6, 6.07) is 23.2. The molecule has 3 aliphatic rings. The Bertz CT molecular complexity index is 1620. The van der Waals surface area contributed by atoms with Gasteiger partial charge < -0.3 is 19.9 Å². The molecular formula is C36H43N5O4S. The van der Waals surface area contributed by atoms with Crippen LogP contribution in [-0.2, 0) is 20.0 Å². The molecule has 1 saturated carbocycles. The zero-order valence-corrected chi connectivity index (χ0v) is 27.2. The molecule has 3 heterocycles. The Labute approximate surface area is 272 Å². The van der Waals surface area contributed by atoms with Gasteiger partial charge in [0.1, 0.15) is 6.10 Å². The summed E-state index contributed by atoms with van der Waals surface area (Å²) in [5.41, 5.74) is 1.37. The Hall–Kier alpha value is -3.94. The van der Waals surface area contributed by atoms with Gasteiger partial charge in [-0.2, -0.15) is 5.26 Å². The summed E-state index contributed by atoms with van der Waals surface area (Å²) in [5, 5.41) is 13.7. The molecule has 46 heavy (non-hydrogen) atoms. The number of nitriles is 1. The lowest BCUT2D eigenvalue weighted by molar-refractivity contribution is 0.0301. The number of carbonyl (C=O) groups excluding carboxylic acids is 1. The fourth-order valence-corrected chi connectivity index (χ4v) is 9.19. The molecule has 242 valence electrons. The Morgan fingerprint density at radius 2 is 1.65 bits per heavy atom. The molecule has 1 aliphatic carbocycles. The van der Waals surface area contributed by atoms with Crippen LogP contribution in [0, 0.1) is 29.1 Å². The highest BCUT2D eigenvalue weighted by molar-refractivity contribution is 7.91. The molecular weight excluding hydrogens is 598 g/mol. The van der Waals surface area contributed by atoms with E-state index in [4.69, 9.17) is 4.74 Å². The van der Waals surface area contributed by atoms with Crippen molar-refractivity contribution in [3.63, 3.8) is 0 Å². The van der Waals surface area contributed by atoms with E-state index in [1.54, 1.807) is 12.1 Å². The van der Waals surface area contributed by atoms with Gasteiger partial charge in [-0.25, -0.2) is 13.2 Å². The first-order valence-electron chi connectivity index (χ1n) is 16.5. The van der Waals surface area contributed by atoms with E-state index < -0.39 is 21.3 Å². The number of piperidine rings is 1. The van der Waals surface area contributed by atoms with Gasteiger partial charge in [0.25, 0.3) is 0 Å². The maximum Gasteiger partial charge on any atom is 0.407 e. The van der Waals surface area contributed by atoms with Gasteiger partial charge >= 0.3 is 6.09 Å². The van der Waals surface area contributed by atoms with Crippen LogP contribution in [0.25, 0.3) is 0 Å². The lowest BCUT2D eigenvalue weighted by Gasteiger charge is -2.48. The smallest absolute Gasteiger partial charge is 0.407 e. The molecule has 0 bridgehead atoms. The van der Waals surface area contributed by atoms with Gasteiger partial charge in [0.2, 0.25) is 9.84 Å². The molecule has 6 rings (SSSR count). The second kappa shape index (κ2) is 13.8. The fourth-order valence-electron chi connectivity index (χ4n) is 7.94. The number of nitrogens with zero attached hydrogens (tertiary/aromatic N) is 4. The summed E-state index contributed by atoms with van der Waals surface area (Å²) in [7, 11) is -3.56. The van der Waals surface area contributed by atoms with Gasteiger partial charge in [-0.3, -0.25) is 4.98 Å². The van der Waals surface area contributed by atoms with Crippen molar-refractivity contribution in [2.45, 2.75) is 60.3 Å². The zero-order chi connectivity index (χ0) is 32.1. The van der Waals surface area contributed by atoms with Gasteiger partial charge in [0.15, 0.2) is 0 Å². The standard InChI is InChI=1S/C36H43N5O4S/c1-2-39-35(42)45-34-10-6-9-33(34)36(26-37,28-7-4-3-5-8-28)29-17-21-40(22-18-29)23-27-24-41(25-27)30-11-13-31(14-12-30)46(43,44)32-15-19-38-20-16-32/h3-5,7-8,11-16,19-20,27,29,33-34H,2,6,9-10,17-18,21-25H2,1H3,(H,39,42)/t33-,34-,36?/m0/s1. The molecule has 3 atom stereocenters. The van der Waals surface area contributed by atoms with Gasteiger partial charge in [0.05, 0.1) is 21.3 Å². The molecule has 2 saturated heterocycles. The van der Waals surface area contributed by atoms with Crippen LogP contribution in [0.15, 0.2) is 88.9 Å². The van der Waals surface area contributed by atoms with Crippen molar-refractivity contribution in [3.8, 4) is 6.07 Å². The molecule has 1 aromatic heterocycles. The SMILES string of the molecule is CCNC(=O)O[C@H]1CCC[C@@H]1C(C#N)(c1ccccc1)C1CCN(CC2CN(c3ccc(S(=O)(=O)c4ccncc4)cc3)C2)CC1. The Balaban J connectivity index is 1.07. The van der Waals surface area contributed by atoms with Crippen LogP contribution in [0.3, 0.4) is 0 Å². The highest BCUT2D eigenvalue weighted by atomic mass is 32.2. The van der Waals surface area contributed by atoms with Gasteiger partial charge in [0, 0.05) is 56.1 Å². The van der Waals surface area contributed by atoms with Crippen molar-refractivity contribution < 1.29 is 17.9 Å². The molecule has 3 aromatic rings. The van der Waals surface area contributed by atoms with Crippen molar-refractivity contribution in [1.82, 2.24) is 15.2 Å². The quantitative estimate of drug-likeness (QED) is 0.311. The molecule has 9 nitrogen and oxygen atoms in total. The molecule has 1 unspecified atom stereocenters. The number of carbonyl (C=O) groups is 1. The molecule has 1 amide bonds. The van der Waals surface area contributed by atoms with E-state index in [0.29, 0.717) is 12.5 Å². The maximum atomic E-state index is 12.9. The highest BCUT2D eigenvalue weighted by Crippen LogP contribution is 2.51. The summed E-state index contributed by atoms with van der Waals surface area (Å²) >= 11 is 0. The number of pyridine rings is 1. The number of hydrogen-bond donors (Lipinski definition) is 1. The van der Waals surface area contributed by atoms with Crippen LogP contribution < -0.4 is 10.2 Å². The molecule has 0 radical (unpaired) electrons. The summed E-state index contributed by atoms with van der Waals surface area (Å²) < 4.78 is 31.8. The average molecular weight is 642 g/mol. The van der Waals surface area contributed by atoms with E-state index in [9.17, 15) is 18.5 Å². The van der Waals surface area contributed by atoms with E-state index >= 15 is 0 Å². The molecule has 2 aromatic carbocycles. The third kappa shape index (κ3) is 6.36. The topological polar surface area (TPSA) is 116 Å². The van der Waals surface area contributed by atoms with E-state index in [1.165, 1.54) is 24.5 Å². The lowest BCUT2D eigenvalue weighted by atomic mass is 9.59. The van der Waals surface area contributed by atoms with Gasteiger partial charge in [-0.1, -0.05) is 30.3 Å². The number of rotatable bonds is 10. The third-order valence-corrected chi connectivity index (χ3v) is 12.0. The van der Waals surface area contributed by atoms with Gasteiger partial charge in [-0.15, -0.1) is 0 Å². The molecule has 1 N–H and O–H groups in total. The summed E-state index contributed by atoms with van der Waals surface area (Å²) in [6.45, 7) is 7.14. The summed E-state index contributed by atoms with van der Waals surface area (Å²) in [6.07, 6.45) is 6.79. The van der Waals surface area contributed by atoms with Crippen LogP contribution in [0.2, 0.25) is 0 Å². The minimum absolute atomic E-state index is 0.0367. The molecule has 10 heteroatoms. The number of anilines is 1. The first kappa shape index (κ1) is 32.0. The number of benzene rings is 2. The zero-order valence-electron chi connectivity index (χ0n) is 26.4. The van der Waals surface area contributed by atoms with Crippen molar-refractivity contribution in [1.29, 1.82) is 5.26 Å². The number of aromatic nitrogens is 1. The summed E-state index contributed by atoms with van der Waals surface area (Å²) in [5.74, 6) is 0.682. The predicted molar refractivity (Wildman–Crippen MR) is 176 cm³/mol. The van der Waals surface area contributed by atoms with Crippen LogP contribution in [-0.4, -0.2) is 69.8 Å². The van der Waals surface area contributed by atoms with E-state index in [2.05, 4.69) is 38.3 Å². The van der Waals surface area contributed by atoms with Crippen molar-refractivity contribution in [3.05, 3.63) is 84.7 Å². The van der Waals surface area contributed by atoms with Crippen LogP contribution in [0.5, 0.6) is 0 Å². The van der Waals surface area contributed by atoms with E-state index in [-0.39, 0.29) is 27.7 Å². The summed E-state index contributed by atoms with van der Waals surface area (Å²) in [4.78, 5) is 21.7. The second-order valence-electron chi connectivity index (χ2n) is 12.9. The van der Waals surface area contributed by atoms with Crippen LogP contribution >= 0.6 is 0 Å². The minimum Gasteiger partial charge on any atom is -0.446 e. The predicted octanol–water partition coefficient (Wildman–Crippen LogP) is 5.44. The first-order chi connectivity index (χ1) is 22.3. The third-order valence-electron chi connectivity index (χ3n) is 10.2. The number of amides is 1. The molecule has 3 fully saturated rings. The number of alkyl carbamates (subject to hydrolysis) is 1. The Morgan fingerprint density at radius 3 is 2.30 bits per heavy atom. The number of ether oxygens (including phenoxy) is 1. The largest absolute Gasteiger partial charge is 0.446 e. The number of sulfone groups is 1. The van der Waals surface area contributed by atoms with Crippen molar-refractivity contribution >= 4 is 21.6 Å². The highest BCUT2D eigenvalue weighted by Gasteiger charge is 2.53. The number of hydrogen-bond acceptors (Lipinski definition) is 8. The second-order valence-corrected chi connectivity index (χ2v) is 14.8.